The summed E-state index contributed by atoms with van der Waals surface area (Å²) in [5, 5.41) is 7.49. The SMILES string of the molecule is C[C@@H](NC(=O)c1cccc(NC(=O)c2ccccc2C(F)(F)F)c1)c1cccc2ccccc12. The van der Waals surface area contributed by atoms with E-state index in [9.17, 15) is 22.8 Å². The molecular weight excluding hydrogens is 441 g/mol. The van der Waals surface area contributed by atoms with Gasteiger partial charge in [-0.3, -0.25) is 9.59 Å². The van der Waals surface area contributed by atoms with Gasteiger partial charge >= 0.3 is 6.18 Å². The second-order valence-corrected chi connectivity index (χ2v) is 7.84. The van der Waals surface area contributed by atoms with E-state index in [0.29, 0.717) is 0 Å². The van der Waals surface area contributed by atoms with Crippen LogP contribution in [0.3, 0.4) is 0 Å². The van der Waals surface area contributed by atoms with Crippen LogP contribution in [-0.2, 0) is 6.18 Å². The average Bonchev–Trinajstić information content (AvgIpc) is 2.83. The second-order valence-electron chi connectivity index (χ2n) is 7.84. The van der Waals surface area contributed by atoms with E-state index in [1.165, 1.54) is 24.3 Å². The van der Waals surface area contributed by atoms with Crippen molar-refractivity contribution in [2.75, 3.05) is 5.32 Å². The van der Waals surface area contributed by atoms with Gasteiger partial charge in [0.1, 0.15) is 0 Å². The lowest BCUT2D eigenvalue weighted by Crippen LogP contribution is -2.27. The number of anilines is 1. The van der Waals surface area contributed by atoms with Crippen molar-refractivity contribution in [3.63, 3.8) is 0 Å². The number of hydrogen-bond acceptors (Lipinski definition) is 2. The number of alkyl halides is 3. The third-order valence-electron chi connectivity index (χ3n) is 5.50. The van der Waals surface area contributed by atoms with Crippen molar-refractivity contribution in [2.45, 2.75) is 19.1 Å². The molecule has 0 aliphatic carbocycles. The van der Waals surface area contributed by atoms with Gasteiger partial charge in [-0.15, -0.1) is 0 Å². The van der Waals surface area contributed by atoms with E-state index in [1.807, 2.05) is 49.4 Å². The molecule has 7 heteroatoms. The zero-order valence-corrected chi connectivity index (χ0v) is 18.2. The molecule has 4 rings (SSSR count). The first-order valence-electron chi connectivity index (χ1n) is 10.6. The summed E-state index contributed by atoms with van der Waals surface area (Å²) in [5.41, 5.74) is -0.0687. The fourth-order valence-corrected chi connectivity index (χ4v) is 3.85. The van der Waals surface area contributed by atoms with Crippen molar-refractivity contribution in [3.8, 4) is 0 Å². The van der Waals surface area contributed by atoms with Gasteiger partial charge in [-0.2, -0.15) is 13.2 Å². The van der Waals surface area contributed by atoms with E-state index < -0.39 is 23.2 Å². The van der Waals surface area contributed by atoms with E-state index in [-0.39, 0.29) is 23.2 Å². The maximum Gasteiger partial charge on any atom is 0.417 e. The van der Waals surface area contributed by atoms with Gasteiger partial charge in [-0.1, -0.05) is 60.7 Å². The average molecular weight is 462 g/mol. The van der Waals surface area contributed by atoms with Gasteiger partial charge in [0.05, 0.1) is 17.2 Å². The van der Waals surface area contributed by atoms with Crippen LogP contribution in [0.1, 0.15) is 44.8 Å². The molecule has 4 aromatic rings. The van der Waals surface area contributed by atoms with Crippen molar-refractivity contribution in [1.29, 1.82) is 0 Å². The Kier molecular flexibility index (Phi) is 6.36. The van der Waals surface area contributed by atoms with Gasteiger partial charge in [0.2, 0.25) is 0 Å². The van der Waals surface area contributed by atoms with Crippen LogP contribution in [0.25, 0.3) is 10.8 Å². The molecule has 0 radical (unpaired) electrons. The highest BCUT2D eigenvalue weighted by molar-refractivity contribution is 6.06. The number of amides is 2. The highest BCUT2D eigenvalue weighted by atomic mass is 19.4. The predicted octanol–water partition coefficient (Wildman–Crippen LogP) is 6.60. The Balaban J connectivity index is 1.51. The molecule has 0 bridgehead atoms. The van der Waals surface area contributed by atoms with Gasteiger partial charge < -0.3 is 10.6 Å². The Morgan fingerprint density at radius 3 is 2.26 bits per heavy atom. The lowest BCUT2D eigenvalue weighted by Gasteiger charge is -2.17. The molecule has 0 saturated carbocycles. The summed E-state index contributed by atoms with van der Waals surface area (Å²) in [6, 6.07) is 24.1. The van der Waals surface area contributed by atoms with Crippen LogP contribution in [0, 0.1) is 0 Å². The molecule has 0 aliphatic rings. The van der Waals surface area contributed by atoms with Gasteiger partial charge in [-0.25, -0.2) is 0 Å². The van der Waals surface area contributed by atoms with E-state index >= 15 is 0 Å². The minimum atomic E-state index is -4.66. The number of carbonyl (C=O) groups is 2. The fourth-order valence-electron chi connectivity index (χ4n) is 3.85. The summed E-state index contributed by atoms with van der Waals surface area (Å²) in [4.78, 5) is 25.4. The molecule has 0 unspecified atom stereocenters. The van der Waals surface area contributed by atoms with Crippen molar-refractivity contribution < 1.29 is 22.8 Å². The minimum absolute atomic E-state index is 0.215. The maximum atomic E-state index is 13.2. The topological polar surface area (TPSA) is 58.2 Å². The van der Waals surface area contributed by atoms with E-state index in [4.69, 9.17) is 0 Å². The quantitative estimate of drug-likeness (QED) is 0.351. The lowest BCUT2D eigenvalue weighted by molar-refractivity contribution is -0.137. The second kappa shape index (κ2) is 9.39. The van der Waals surface area contributed by atoms with Gasteiger partial charge in [-0.05, 0) is 53.6 Å². The summed E-state index contributed by atoms with van der Waals surface area (Å²) in [7, 11) is 0. The summed E-state index contributed by atoms with van der Waals surface area (Å²) >= 11 is 0. The van der Waals surface area contributed by atoms with Crippen LogP contribution in [0.15, 0.2) is 91.0 Å². The normalized spacial score (nSPS) is 12.2. The van der Waals surface area contributed by atoms with Crippen molar-refractivity contribution in [2.24, 2.45) is 0 Å². The number of rotatable bonds is 5. The van der Waals surface area contributed by atoms with Gasteiger partial charge in [0.25, 0.3) is 11.8 Å². The summed E-state index contributed by atoms with van der Waals surface area (Å²) in [6.45, 7) is 1.87. The Labute approximate surface area is 194 Å². The Hall–Kier alpha value is -4.13. The first-order chi connectivity index (χ1) is 16.2. The van der Waals surface area contributed by atoms with Gasteiger partial charge in [0, 0.05) is 11.3 Å². The zero-order valence-electron chi connectivity index (χ0n) is 18.2. The molecule has 0 saturated heterocycles. The summed E-state index contributed by atoms with van der Waals surface area (Å²) in [6.07, 6.45) is -4.66. The maximum absolute atomic E-state index is 13.2. The van der Waals surface area contributed by atoms with Gasteiger partial charge in [0.15, 0.2) is 0 Å². The smallest absolute Gasteiger partial charge is 0.345 e. The molecule has 34 heavy (non-hydrogen) atoms. The molecule has 172 valence electrons. The van der Waals surface area contributed by atoms with E-state index in [2.05, 4.69) is 10.6 Å². The van der Waals surface area contributed by atoms with Crippen LogP contribution in [0.4, 0.5) is 18.9 Å². The number of hydrogen-bond donors (Lipinski definition) is 2. The third-order valence-corrected chi connectivity index (χ3v) is 5.50. The summed E-state index contributed by atoms with van der Waals surface area (Å²) < 4.78 is 39.7. The predicted molar refractivity (Wildman–Crippen MR) is 126 cm³/mol. The highest BCUT2D eigenvalue weighted by Gasteiger charge is 2.34. The fraction of sp³-hybridized carbons (Fsp3) is 0.111. The van der Waals surface area contributed by atoms with Crippen LogP contribution >= 0.6 is 0 Å². The largest absolute Gasteiger partial charge is 0.417 e. The van der Waals surface area contributed by atoms with Crippen LogP contribution in [-0.4, -0.2) is 11.8 Å². The molecule has 0 aliphatic heterocycles. The minimum Gasteiger partial charge on any atom is -0.345 e. The van der Waals surface area contributed by atoms with Crippen molar-refractivity contribution >= 4 is 28.3 Å². The molecule has 0 spiro atoms. The first kappa shape index (κ1) is 23.0. The molecule has 4 nitrogen and oxygen atoms in total. The molecule has 0 fully saturated rings. The molecule has 2 amide bonds. The Bertz CT molecular complexity index is 1360. The number of nitrogens with one attached hydrogen (secondary N) is 2. The molecule has 4 aromatic carbocycles. The molecular formula is C27H21F3N2O2. The van der Waals surface area contributed by atoms with Crippen LogP contribution in [0.2, 0.25) is 0 Å². The zero-order chi connectivity index (χ0) is 24.3. The molecule has 0 heterocycles. The van der Waals surface area contributed by atoms with Crippen LogP contribution < -0.4 is 10.6 Å². The number of benzene rings is 4. The van der Waals surface area contributed by atoms with Crippen LogP contribution in [0.5, 0.6) is 0 Å². The van der Waals surface area contributed by atoms with Crippen molar-refractivity contribution in [1.82, 2.24) is 5.32 Å². The monoisotopic (exact) mass is 462 g/mol. The summed E-state index contributed by atoms with van der Waals surface area (Å²) in [5.74, 6) is -1.28. The molecule has 1 atom stereocenters. The first-order valence-corrected chi connectivity index (χ1v) is 10.6. The highest BCUT2D eigenvalue weighted by Crippen LogP contribution is 2.32. The van der Waals surface area contributed by atoms with E-state index in [1.54, 1.807) is 12.1 Å². The number of halogens is 3. The standard InChI is InChI=1S/C27H21F3N2O2/c1-17(21-14-7-9-18-8-2-3-12-22(18)21)31-25(33)19-10-6-11-20(16-19)32-26(34)23-13-4-5-15-24(23)27(28,29)30/h2-17H,1H3,(H,31,33)(H,32,34)/t17-/m1/s1. The van der Waals surface area contributed by atoms with E-state index in [0.717, 1.165) is 28.5 Å². The Morgan fingerprint density at radius 1 is 0.794 bits per heavy atom. The third kappa shape index (κ3) is 4.93. The van der Waals surface area contributed by atoms with Crippen molar-refractivity contribution in [3.05, 3.63) is 113 Å². The number of fused-ring (bicyclic) bond motifs is 1. The molecule has 0 aromatic heterocycles. The molecule has 2 N–H and O–H groups in total. The Morgan fingerprint density at radius 2 is 1.47 bits per heavy atom. The number of carbonyl (C=O) groups excluding carboxylic acids is 2. The lowest BCUT2D eigenvalue weighted by atomic mass is 9.99.